The van der Waals surface area contributed by atoms with Crippen molar-refractivity contribution in [3.63, 3.8) is 0 Å². The van der Waals surface area contributed by atoms with E-state index in [-0.39, 0.29) is 0 Å². The van der Waals surface area contributed by atoms with Crippen molar-refractivity contribution < 1.29 is 0 Å². The molecular formula is C11H17N3. The fourth-order valence-electron chi connectivity index (χ4n) is 2.66. The Balaban J connectivity index is 1.82. The van der Waals surface area contributed by atoms with E-state index in [9.17, 15) is 0 Å². The van der Waals surface area contributed by atoms with Gasteiger partial charge in [-0.1, -0.05) is 6.92 Å². The molecule has 0 aliphatic heterocycles. The first-order chi connectivity index (χ1) is 6.81. The van der Waals surface area contributed by atoms with E-state index in [2.05, 4.69) is 17.1 Å². The zero-order valence-corrected chi connectivity index (χ0v) is 8.59. The summed E-state index contributed by atoms with van der Waals surface area (Å²) in [7, 11) is 0. The highest BCUT2D eigenvalue weighted by molar-refractivity contribution is 5.45. The average Bonchev–Trinajstić information content (AvgIpc) is 3.02. The fraction of sp³-hybridized carbons (Fsp3) is 0.727. The van der Waals surface area contributed by atoms with Gasteiger partial charge >= 0.3 is 0 Å². The molecule has 3 nitrogen and oxygen atoms in total. The largest absolute Gasteiger partial charge is 0.382 e. The third kappa shape index (κ3) is 1.15. The topological polar surface area (TPSA) is 54.7 Å². The number of anilines is 1. The molecule has 2 aliphatic rings. The summed E-state index contributed by atoms with van der Waals surface area (Å²) in [4.78, 5) is 0. The minimum absolute atomic E-state index is 0.712. The molecule has 1 aromatic heterocycles. The first-order valence-corrected chi connectivity index (χ1v) is 5.63. The Morgan fingerprint density at radius 2 is 2.29 bits per heavy atom. The minimum Gasteiger partial charge on any atom is -0.382 e. The molecule has 76 valence electrons. The van der Waals surface area contributed by atoms with Crippen LogP contribution in [0.4, 0.5) is 5.82 Å². The summed E-state index contributed by atoms with van der Waals surface area (Å²) in [6.07, 6.45) is 5.27. The van der Waals surface area contributed by atoms with E-state index in [1.165, 1.54) is 30.5 Å². The van der Waals surface area contributed by atoms with Gasteiger partial charge in [-0.3, -0.25) is 5.10 Å². The maximum atomic E-state index is 5.81. The van der Waals surface area contributed by atoms with Gasteiger partial charge in [-0.15, -0.1) is 0 Å². The summed E-state index contributed by atoms with van der Waals surface area (Å²) in [5.74, 6) is 3.43. The van der Waals surface area contributed by atoms with Crippen LogP contribution in [-0.2, 0) is 6.42 Å². The summed E-state index contributed by atoms with van der Waals surface area (Å²) >= 11 is 0. The Hall–Kier alpha value is -0.990. The van der Waals surface area contributed by atoms with Crippen LogP contribution in [0.15, 0.2) is 0 Å². The number of nitrogens with two attached hydrogens (primary N) is 1. The molecule has 0 saturated heterocycles. The minimum atomic E-state index is 0.712. The van der Waals surface area contributed by atoms with E-state index in [1.54, 1.807) is 0 Å². The van der Waals surface area contributed by atoms with E-state index in [4.69, 9.17) is 5.73 Å². The highest BCUT2D eigenvalue weighted by atomic mass is 15.2. The number of aromatic amines is 1. The zero-order chi connectivity index (χ0) is 9.71. The Morgan fingerprint density at radius 3 is 2.93 bits per heavy atom. The van der Waals surface area contributed by atoms with Crippen LogP contribution in [0.3, 0.4) is 0 Å². The number of nitrogens with zero attached hydrogens (tertiary/aromatic N) is 1. The van der Waals surface area contributed by atoms with E-state index in [1.807, 2.05) is 0 Å². The second-order valence-electron chi connectivity index (χ2n) is 4.70. The molecule has 2 aliphatic carbocycles. The van der Waals surface area contributed by atoms with Gasteiger partial charge < -0.3 is 5.73 Å². The molecule has 0 radical (unpaired) electrons. The third-order valence-corrected chi connectivity index (χ3v) is 3.72. The van der Waals surface area contributed by atoms with Crippen LogP contribution in [0.5, 0.6) is 0 Å². The number of hydrogen-bond acceptors (Lipinski definition) is 2. The van der Waals surface area contributed by atoms with Gasteiger partial charge in [0.15, 0.2) is 0 Å². The van der Waals surface area contributed by atoms with E-state index >= 15 is 0 Å². The van der Waals surface area contributed by atoms with Crippen LogP contribution in [0.2, 0.25) is 0 Å². The molecule has 2 fully saturated rings. The van der Waals surface area contributed by atoms with Crippen LogP contribution < -0.4 is 5.73 Å². The predicted octanol–water partition coefficient (Wildman–Crippen LogP) is 2.07. The van der Waals surface area contributed by atoms with Crippen LogP contribution in [0, 0.1) is 11.8 Å². The monoisotopic (exact) mass is 191 g/mol. The van der Waals surface area contributed by atoms with Crippen molar-refractivity contribution in [1.29, 1.82) is 0 Å². The number of nitrogens with one attached hydrogen (secondary N) is 1. The molecule has 1 aromatic rings. The normalized spacial score (nSPS) is 30.6. The van der Waals surface area contributed by atoms with Crippen LogP contribution >= 0.6 is 0 Å². The summed E-state index contributed by atoms with van der Waals surface area (Å²) in [6.45, 7) is 2.15. The lowest BCUT2D eigenvalue weighted by Gasteiger charge is -1.99. The molecule has 2 atom stereocenters. The maximum Gasteiger partial charge on any atom is 0.148 e. The Labute approximate surface area is 84.1 Å². The van der Waals surface area contributed by atoms with Crippen molar-refractivity contribution in [2.75, 3.05) is 5.73 Å². The van der Waals surface area contributed by atoms with Crippen molar-refractivity contribution in [3.05, 3.63) is 11.3 Å². The first-order valence-electron chi connectivity index (χ1n) is 5.63. The number of H-pyrrole nitrogens is 1. The molecule has 0 aromatic carbocycles. The molecule has 0 spiro atoms. The molecule has 1 heterocycles. The summed E-state index contributed by atoms with van der Waals surface area (Å²) < 4.78 is 0. The summed E-state index contributed by atoms with van der Waals surface area (Å²) in [5, 5.41) is 7.24. The second kappa shape index (κ2) is 2.75. The van der Waals surface area contributed by atoms with Crippen molar-refractivity contribution >= 4 is 5.82 Å². The van der Waals surface area contributed by atoms with Gasteiger partial charge in [0.2, 0.25) is 0 Å². The summed E-state index contributed by atoms with van der Waals surface area (Å²) in [6, 6.07) is 0. The SMILES string of the molecule is CCc1c(N)n[nH]c1C1CC1C1CC1. The third-order valence-electron chi connectivity index (χ3n) is 3.72. The lowest BCUT2D eigenvalue weighted by molar-refractivity contribution is 0.681. The number of aromatic nitrogens is 2. The lowest BCUT2D eigenvalue weighted by Crippen LogP contribution is -1.93. The second-order valence-corrected chi connectivity index (χ2v) is 4.70. The number of nitrogen functional groups attached to an aromatic ring is 1. The van der Waals surface area contributed by atoms with Crippen molar-refractivity contribution in [2.45, 2.75) is 38.5 Å². The first kappa shape index (κ1) is 8.33. The van der Waals surface area contributed by atoms with Crippen LogP contribution in [-0.4, -0.2) is 10.2 Å². The molecule has 0 amide bonds. The molecule has 3 heteroatoms. The Bertz CT molecular complexity index is 351. The lowest BCUT2D eigenvalue weighted by atomic mass is 10.1. The Kier molecular flexibility index (Phi) is 1.64. The van der Waals surface area contributed by atoms with Crippen molar-refractivity contribution in [3.8, 4) is 0 Å². The smallest absolute Gasteiger partial charge is 0.148 e. The van der Waals surface area contributed by atoms with Crippen LogP contribution in [0.1, 0.15) is 43.4 Å². The maximum absolute atomic E-state index is 5.81. The zero-order valence-electron chi connectivity index (χ0n) is 8.59. The van der Waals surface area contributed by atoms with Gasteiger partial charge in [-0.25, -0.2) is 0 Å². The van der Waals surface area contributed by atoms with Gasteiger partial charge in [-0.05, 0) is 37.5 Å². The number of hydrogen-bond donors (Lipinski definition) is 2. The van der Waals surface area contributed by atoms with E-state index < -0.39 is 0 Å². The van der Waals surface area contributed by atoms with Gasteiger partial charge in [-0.2, -0.15) is 5.10 Å². The summed E-state index contributed by atoms with van der Waals surface area (Å²) in [5.41, 5.74) is 8.41. The average molecular weight is 191 g/mol. The van der Waals surface area contributed by atoms with E-state index in [0.29, 0.717) is 5.82 Å². The van der Waals surface area contributed by atoms with Gasteiger partial charge in [0.25, 0.3) is 0 Å². The molecule has 2 saturated carbocycles. The molecule has 0 bridgehead atoms. The molecule has 3 N–H and O–H groups in total. The highest BCUT2D eigenvalue weighted by Crippen LogP contribution is 2.59. The predicted molar refractivity (Wildman–Crippen MR) is 56.0 cm³/mol. The fourth-order valence-corrected chi connectivity index (χ4v) is 2.66. The molecule has 3 rings (SSSR count). The van der Waals surface area contributed by atoms with Gasteiger partial charge in [0.05, 0.1) is 0 Å². The van der Waals surface area contributed by atoms with Gasteiger partial charge in [0, 0.05) is 17.2 Å². The highest BCUT2D eigenvalue weighted by Gasteiger charge is 2.49. The standard InChI is InChI=1S/C11H17N3/c1-2-7-10(13-14-11(7)12)9-5-8(9)6-3-4-6/h6,8-9H,2-5H2,1H3,(H3,12,13,14). The molecular weight excluding hydrogens is 174 g/mol. The van der Waals surface area contributed by atoms with Gasteiger partial charge in [0.1, 0.15) is 5.82 Å². The quantitative estimate of drug-likeness (QED) is 0.768. The van der Waals surface area contributed by atoms with Crippen molar-refractivity contribution in [1.82, 2.24) is 10.2 Å². The van der Waals surface area contributed by atoms with Crippen LogP contribution in [0.25, 0.3) is 0 Å². The van der Waals surface area contributed by atoms with Crippen molar-refractivity contribution in [2.24, 2.45) is 11.8 Å². The van der Waals surface area contributed by atoms with E-state index in [0.717, 1.165) is 24.2 Å². The molecule has 2 unspecified atom stereocenters. The number of rotatable bonds is 3. The Morgan fingerprint density at radius 1 is 1.50 bits per heavy atom. The molecule has 14 heavy (non-hydrogen) atoms.